The fourth-order valence-corrected chi connectivity index (χ4v) is 3.82. The summed E-state index contributed by atoms with van der Waals surface area (Å²) >= 11 is 0. The van der Waals surface area contributed by atoms with Crippen LogP contribution in [0.2, 0.25) is 0 Å². The van der Waals surface area contributed by atoms with Crippen molar-refractivity contribution >= 4 is 22.3 Å². The average molecular weight is 451 g/mol. The van der Waals surface area contributed by atoms with Gasteiger partial charge in [-0.3, -0.25) is 15.0 Å². The third-order valence-corrected chi connectivity index (χ3v) is 5.85. The lowest BCUT2D eigenvalue weighted by atomic mass is 9.99. The van der Waals surface area contributed by atoms with E-state index in [0.29, 0.717) is 11.3 Å². The molecule has 0 fully saturated rings. The molecule has 4 aromatic rings. The van der Waals surface area contributed by atoms with Gasteiger partial charge in [0.1, 0.15) is 12.0 Å². The molecule has 1 atom stereocenters. The van der Waals surface area contributed by atoms with Crippen LogP contribution in [0.3, 0.4) is 0 Å². The largest absolute Gasteiger partial charge is 0.362 e. The number of rotatable bonds is 5. The molecule has 1 aliphatic carbocycles. The summed E-state index contributed by atoms with van der Waals surface area (Å²) in [5, 5.41) is 3.93. The van der Waals surface area contributed by atoms with E-state index in [9.17, 15) is 0 Å². The van der Waals surface area contributed by atoms with E-state index in [0.717, 1.165) is 28.6 Å². The molecule has 1 N–H and O–H groups in total. The molecule has 3 heterocycles. The summed E-state index contributed by atoms with van der Waals surface area (Å²) in [6, 6.07) is 9.31. The van der Waals surface area contributed by atoms with Crippen LogP contribution in [0.25, 0.3) is 27.7 Å². The molecular weight excluding hydrogens is 427 g/mol. The van der Waals surface area contributed by atoms with Crippen molar-refractivity contribution in [3.05, 3.63) is 103 Å². The number of hydrogen-bond acceptors (Lipinski definition) is 6. The summed E-state index contributed by atoms with van der Waals surface area (Å²) < 4.78 is 15.2. The monoisotopic (exact) mass is 450 g/mol. The number of nitrogens with zero attached hydrogens (tertiary/aromatic N) is 5. The van der Waals surface area contributed by atoms with Gasteiger partial charge in [-0.05, 0) is 36.1 Å². The molecule has 0 radical (unpaired) electrons. The Labute approximate surface area is 197 Å². The molecule has 1 aromatic carbocycles. The van der Waals surface area contributed by atoms with E-state index in [1.54, 1.807) is 18.6 Å². The molecule has 7 heteroatoms. The van der Waals surface area contributed by atoms with Crippen LogP contribution in [-0.2, 0) is 6.54 Å². The van der Waals surface area contributed by atoms with Crippen molar-refractivity contribution in [2.45, 2.75) is 19.9 Å². The first-order valence-corrected chi connectivity index (χ1v) is 11.1. The number of nitrogens with one attached hydrogen (secondary N) is 1. The highest BCUT2D eigenvalue weighted by Gasteiger charge is 2.14. The summed E-state index contributed by atoms with van der Waals surface area (Å²) in [7, 11) is 0. The zero-order valence-corrected chi connectivity index (χ0v) is 18.7. The second kappa shape index (κ2) is 9.31. The molecule has 0 amide bonds. The molecule has 34 heavy (non-hydrogen) atoms. The van der Waals surface area contributed by atoms with Gasteiger partial charge < -0.3 is 5.32 Å². The van der Waals surface area contributed by atoms with Gasteiger partial charge in [-0.2, -0.15) is 0 Å². The van der Waals surface area contributed by atoms with Crippen LogP contribution >= 0.6 is 0 Å². The number of anilines is 1. The van der Waals surface area contributed by atoms with E-state index in [2.05, 4.69) is 62.0 Å². The smallest absolute Gasteiger partial charge is 0.191 e. The molecular formula is C27H23FN6. The minimum absolute atomic E-state index is 0.115. The Kier molecular flexibility index (Phi) is 5.91. The van der Waals surface area contributed by atoms with Crippen molar-refractivity contribution in [2.75, 3.05) is 5.32 Å². The van der Waals surface area contributed by atoms with Crippen LogP contribution in [-0.4, -0.2) is 24.9 Å². The summed E-state index contributed by atoms with van der Waals surface area (Å²) in [4.78, 5) is 21.6. The zero-order chi connectivity index (χ0) is 23.5. The molecule has 168 valence electrons. The SMILES string of the molecule is C=C1CC=CC(c2cnc(CNc3ncnc(-c4ccc5ncccc5c4)c3F)cn2)=CC1C. The van der Waals surface area contributed by atoms with Crippen molar-refractivity contribution in [3.63, 3.8) is 0 Å². The maximum absolute atomic E-state index is 15.2. The molecule has 1 aliphatic rings. The molecule has 0 bridgehead atoms. The standard InChI is InChI=1S/C27H23FN6/c1-17-5-3-6-19(11-18(17)2)24-15-30-22(13-31-24)14-32-27-25(28)26(33-16-34-27)21-8-9-23-20(12-21)7-4-10-29-23/h3-4,6-13,15-16,18H,1,5,14H2,2H3,(H,32,33,34). The Morgan fingerprint density at radius 3 is 2.85 bits per heavy atom. The van der Waals surface area contributed by atoms with E-state index in [-0.39, 0.29) is 24.0 Å². The van der Waals surface area contributed by atoms with Gasteiger partial charge >= 0.3 is 0 Å². The number of fused-ring (bicyclic) bond motifs is 1. The quantitative estimate of drug-likeness (QED) is 0.389. The van der Waals surface area contributed by atoms with Crippen LogP contribution in [0.1, 0.15) is 24.7 Å². The lowest BCUT2D eigenvalue weighted by Gasteiger charge is -2.10. The first-order valence-electron chi connectivity index (χ1n) is 11.1. The van der Waals surface area contributed by atoms with E-state index in [1.165, 1.54) is 11.9 Å². The Morgan fingerprint density at radius 1 is 1.09 bits per heavy atom. The number of pyridine rings is 1. The highest BCUT2D eigenvalue weighted by atomic mass is 19.1. The topological polar surface area (TPSA) is 76.5 Å². The summed E-state index contributed by atoms with van der Waals surface area (Å²) in [6.07, 6.45) is 13.7. The van der Waals surface area contributed by atoms with E-state index >= 15 is 4.39 Å². The molecule has 6 nitrogen and oxygen atoms in total. The third-order valence-electron chi connectivity index (χ3n) is 5.85. The highest BCUT2D eigenvalue weighted by Crippen LogP contribution is 2.27. The minimum atomic E-state index is -0.515. The second-order valence-electron chi connectivity index (χ2n) is 8.22. The van der Waals surface area contributed by atoms with Crippen LogP contribution in [0.4, 0.5) is 10.2 Å². The number of allylic oxidation sites excluding steroid dienone is 5. The van der Waals surface area contributed by atoms with E-state index in [1.807, 2.05) is 30.3 Å². The van der Waals surface area contributed by atoms with Gasteiger partial charge in [-0.1, -0.05) is 49.4 Å². The maximum atomic E-state index is 15.2. The van der Waals surface area contributed by atoms with E-state index < -0.39 is 5.82 Å². The summed E-state index contributed by atoms with van der Waals surface area (Å²) in [5.74, 6) is -0.121. The van der Waals surface area contributed by atoms with Crippen molar-refractivity contribution in [1.82, 2.24) is 24.9 Å². The minimum Gasteiger partial charge on any atom is -0.362 e. The van der Waals surface area contributed by atoms with Crippen molar-refractivity contribution in [3.8, 4) is 11.3 Å². The van der Waals surface area contributed by atoms with Gasteiger partial charge in [0, 0.05) is 17.1 Å². The van der Waals surface area contributed by atoms with Crippen molar-refractivity contribution < 1.29 is 4.39 Å². The summed E-state index contributed by atoms with van der Waals surface area (Å²) in [5.41, 5.74) is 5.40. The zero-order valence-electron chi connectivity index (χ0n) is 18.7. The maximum Gasteiger partial charge on any atom is 0.191 e. The molecule has 0 saturated heterocycles. The van der Waals surface area contributed by atoms with Gasteiger partial charge in [0.15, 0.2) is 11.6 Å². The van der Waals surface area contributed by atoms with E-state index in [4.69, 9.17) is 0 Å². The Bertz CT molecular complexity index is 1430. The lowest BCUT2D eigenvalue weighted by molar-refractivity contribution is 0.621. The number of halogens is 1. The van der Waals surface area contributed by atoms with Gasteiger partial charge in [-0.25, -0.2) is 14.4 Å². The first-order chi connectivity index (χ1) is 16.6. The van der Waals surface area contributed by atoms with Crippen molar-refractivity contribution in [1.29, 1.82) is 0 Å². The second-order valence-corrected chi connectivity index (χ2v) is 8.22. The predicted molar refractivity (Wildman–Crippen MR) is 132 cm³/mol. The Hall–Kier alpha value is -4.26. The van der Waals surface area contributed by atoms with Crippen LogP contribution in [0.5, 0.6) is 0 Å². The molecule has 0 aliphatic heterocycles. The molecule has 5 rings (SSSR count). The Balaban J connectivity index is 1.33. The predicted octanol–water partition coefficient (Wildman–Crippen LogP) is 5.77. The number of hydrogen-bond donors (Lipinski definition) is 1. The van der Waals surface area contributed by atoms with Gasteiger partial charge in [0.25, 0.3) is 0 Å². The van der Waals surface area contributed by atoms with Gasteiger partial charge in [-0.15, -0.1) is 0 Å². The lowest BCUT2D eigenvalue weighted by Crippen LogP contribution is -2.07. The summed E-state index contributed by atoms with van der Waals surface area (Å²) in [6.45, 7) is 6.52. The fraction of sp³-hybridized carbons (Fsp3) is 0.148. The first kappa shape index (κ1) is 21.6. The molecule has 0 spiro atoms. The third kappa shape index (κ3) is 4.45. The van der Waals surface area contributed by atoms with Crippen LogP contribution in [0, 0.1) is 11.7 Å². The fourth-order valence-electron chi connectivity index (χ4n) is 3.82. The van der Waals surface area contributed by atoms with Gasteiger partial charge in [0.2, 0.25) is 0 Å². The normalized spacial score (nSPS) is 15.8. The Morgan fingerprint density at radius 2 is 2.00 bits per heavy atom. The average Bonchev–Trinajstić information content (AvgIpc) is 3.04. The van der Waals surface area contributed by atoms with Crippen LogP contribution < -0.4 is 5.32 Å². The number of aromatic nitrogens is 5. The molecule has 3 aromatic heterocycles. The number of benzene rings is 1. The highest BCUT2D eigenvalue weighted by molar-refractivity contribution is 5.84. The molecule has 1 unspecified atom stereocenters. The van der Waals surface area contributed by atoms with Crippen LogP contribution in [0.15, 0.2) is 85.6 Å². The molecule has 0 saturated carbocycles. The van der Waals surface area contributed by atoms with Gasteiger partial charge in [0.05, 0.1) is 35.8 Å². The van der Waals surface area contributed by atoms with Crippen molar-refractivity contribution in [2.24, 2.45) is 5.92 Å².